The Kier molecular flexibility index (Phi) is 4.10. The number of benzene rings is 2. The lowest BCUT2D eigenvalue weighted by Gasteiger charge is -2.06. The SMILES string of the molecule is CCc1ccc(C(=O)Cc2cc(F)ccc2C)cc1. The molecule has 0 aliphatic carbocycles. The van der Waals surface area contributed by atoms with Crippen LogP contribution in [0, 0.1) is 12.7 Å². The first-order chi connectivity index (χ1) is 9.10. The molecule has 0 N–H and O–H groups in total. The highest BCUT2D eigenvalue weighted by Gasteiger charge is 2.09. The van der Waals surface area contributed by atoms with Gasteiger partial charge in [-0.1, -0.05) is 37.3 Å². The van der Waals surface area contributed by atoms with Crippen molar-refractivity contribution in [2.45, 2.75) is 26.7 Å². The quantitative estimate of drug-likeness (QED) is 0.752. The van der Waals surface area contributed by atoms with E-state index in [1.54, 1.807) is 6.07 Å². The van der Waals surface area contributed by atoms with Crippen molar-refractivity contribution in [2.24, 2.45) is 0 Å². The third-order valence-corrected chi connectivity index (χ3v) is 3.35. The number of carbonyl (C=O) groups is 1. The lowest BCUT2D eigenvalue weighted by molar-refractivity contribution is 0.0992. The zero-order valence-corrected chi connectivity index (χ0v) is 11.2. The highest BCUT2D eigenvalue weighted by molar-refractivity contribution is 5.97. The summed E-state index contributed by atoms with van der Waals surface area (Å²) >= 11 is 0. The second-order valence-electron chi connectivity index (χ2n) is 4.72. The molecule has 0 saturated carbocycles. The van der Waals surface area contributed by atoms with Crippen molar-refractivity contribution >= 4 is 5.78 Å². The first kappa shape index (κ1) is 13.5. The molecule has 0 fully saturated rings. The maximum absolute atomic E-state index is 13.2. The first-order valence-electron chi connectivity index (χ1n) is 6.47. The van der Waals surface area contributed by atoms with E-state index in [1.807, 2.05) is 31.2 Å². The summed E-state index contributed by atoms with van der Waals surface area (Å²) in [6.07, 6.45) is 1.20. The first-order valence-corrected chi connectivity index (χ1v) is 6.47. The van der Waals surface area contributed by atoms with Crippen molar-refractivity contribution in [1.82, 2.24) is 0 Å². The van der Waals surface area contributed by atoms with E-state index in [4.69, 9.17) is 0 Å². The standard InChI is InChI=1S/C17H17FO/c1-3-13-5-7-14(8-6-13)17(19)11-15-10-16(18)9-4-12(15)2/h4-10H,3,11H2,1-2H3. The molecule has 2 aromatic carbocycles. The molecule has 2 aromatic rings. The van der Waals surface area contributed by atoms with Gasteiger partial charge in [0.25, 0.3) is 0 Å². The minimum Gasteiger partial charge on any atom is -0.294 e. The normalized spacial score (nSPS) is 10.5. The number of rotatable bonds is 4. The van der Waals surface area contributed by atoms with E-state index in [1.165, 1.54) is 17.7 Å². The Labute approximate surface area is 113 Å². The zero-order chi connectivity index (χ0) is 13.8. The highest BCUT2D eigenvalue weighted by atomic mass is 19.1. The molecule has 0 aliphatic rings. The molecule has 0 bridgehead atoms. The Morgan fingerprint density at radius 1 is 1.11 bits per heavy atom. The summed E-state index contributed by atoms with van der Waals surface area (Å²) < 4.78 is 13.2. The van der Waals surface area contributed by atoms with Crippen LogP contribution in [0.1, 0.15) is 34.0 Å². The van der Waals surface area contributed by atoms with E-state index in [2.05, 4.69) is 6.92 Å². The van der Waals surface area contributed by atoms with Gasteiger partial charge in [0.2, 0.25) is 0 Å². The number of hydrogen-bond acceptors (Lipinski definition) is 1. The Balaban J connectivity index is 2.18. The fourth-order valence-corrected chi connectivity index (χ4v) is 2.03. The van der Waals surface area contributed by atoms with Crippen molar-refractivity contribution in [3.8, 4) is 0 Å². The van der Waals surface area contributed by atoms with Crippen LogP contribution >= 0.6 is 0 Å². The molecule has 0 radical (unpaired) electrons. The Hall–Kier alpha value is -1.96. The number of ketones is 1. The third-order valence-electron chi connectivity index (χ3n) is 3.35. The van der Waals surface area contributed by atoms with Gasteiger partial charge in [-0.25, -0.2) is 4.39 Å². The summed E-state index contributed by atoms with van der Waals surface area (Å²) in [4.78, 5) is 12.2. The lowest BCUT2D eigenvalue weighted by Crippen LogP contribution is -2.05. The van der Waals surface area contributed by atoms with Crippen LogP contribution in [0.5, 0.6) is 0 Å². The van der Waals surface area contributed by atoms with Gasteiger partial charge in [-0.3, -0.25) is 4.79 Å². The number of halogens is 1. The minimum absolute atomic E-state index is 0.0244. The maximum Gasteiger partial charge on any atom is 0.167 e. The van der Waals surface area contributed by atoms with Crippen LogP contribution in [-0.4, -0.2) is 5.78 Å². The molecule has 0 amide bonds. The van der Waals surface area contributed by atoms with Gasteiger partial charge < -0.3 is 0 Å². The fourth-order valence-electron chi connectivity index (χ4n) is 2.03. The topological polar surface area (TPSA) is 17.1 Å². The van der Waals surface area contributed by atoms with Gasteiger partial charge in [0.15, 0.2) is 5.78 Å². The second kappa shape index (κ2) is 5.79. The number of aryl methyl sites for hydroxylation is 2. The van der Waals surface area contributed by atoms with Crippen molar-refractivity contribution in [3.05, 3.63) is 70.5 Å². The van der Waals surface area contributed by atoms with Crippen LogP contribution in [0.15, 0.2) is 42.5 Å². The molecule has 2 rings (SSSR count). The van der Waals surface area contributed by atoms with E-state index >= 15 is 0 Å². The van der Waals surface area contributed by atoms with Gasteiger partial charge in [-0.2, -0.15) is 0 Å². The minimum atomic E-state index is -0.297. The Bertz CT molecular complexity index is 585. The molecular weight excluding hydrogens is 239 g/mol. The van der Waals surface area contributed by atoms with Gasteiger partial charge in [0.05, 0.1) is 0 Å². The molecular formula is C17H17FO. The van der Waals surface area contributed by atoms with E-state index in [0.717, 1.165) is 17.5 Å². The highest BCUT2D eigenvalue weighted by Crippen LogP contribution is 2.14. The summed E-state index contributed by atoms with van der Waals surface area (Å²) in [6.45, 7) is 3.97. The van der Waals surface area contributed by atoms with Crippen LogP contribution in [0.2, 0.25) is 0 Å². The van der Waals surface area contributed by atoms with Gasteiger partial charge in [0.1, 0.15) is 5.82 Å². The maximum atomic E-state index is 13.2. The second-order valence-corrected chi connectivity index (χ2v) is 4.72. The van der Waals surface area contributed by atoms with Crippen molar-refractivity contribution < 1.29 is 9.18 Å². The van der Waals surface area contributed by atoms with Crippen LogP contribution in [0.3, 0.4) is 0 Å². The molecule has 98 valence electrons. The third kappa shape index (κ3) is 3.28. The zero-order valence-electron chi connectivity index (χ0n) is 11.2. The summed E-state index contributed by atoms with van der Waals surface area (Å²) in [6, 6.07) is 12.2. The number of Topliss-reactive ketones (excluding diaryl/α,β-unsaturated/α-hetero) is 1. The van der Waals surface area contributed by atoms with Gasteiger partial charge in [-0.05, 0) is 42.2 Å². The van der Waals surface area contributed by atoms with Crippen LogP contribution in [-0.2, 0) is 12.8 Å². The summed E-state index contributed by atoms with van der Waals surface area (Å²) in [5.74, 6) is -0.272. The average molecular weight is 256 g/mol. The van der Waals surface area contributed by atoms with E-state index in [-0.39, 0.29) is 18.0 Å². The van der Waals surface area contributed by atoms with Crippen LogP contribution in [0.25, 0.3) is 0 Å². The van der Waals surface area contributed by atoms with Crippen LogP contribution in [0.4, 0.5) is 4.39 Å². The van der Waals surface area contributed by atoms with Gasteiger partial charge >= 0.3 is 0 Å². The van der Waals surface area contributed by atoms with Crippen molar-refractivity contribution in [2.75, 3.05) is 0 Å². The predicted octanol–water partition coefficient (Wildman–Crippen LogP) is 4.12. The Morgan fingerprint density at radius 2 is 1.79 bits per heavy atom. The van der Waals surface area contributed by atoms with Crippen molar-refractivity contribution in [1.29, 1.82) is 0 Å². The molecule has 0 spiro atoms. The number of carbonyl (C=O) groups excluding carboxylic acids is 1. The van der Waals surface area contributed by atoms with E-state index in [9.17, 15) is 9.18 Å². The molecule has 0 aromatic heterocycles. The Morgan fingerprint density at radius 3 is 2.42 bits per heavy atom. The summed E-state index contributed by atoms with van der Waals surface area (Å²) in [5, 5.41) is 0. The molecule has 2 heteroatoms. The predicted molar refractivity (Wildman–Crippen MR) is 75.0 cm³/mol. The molecule has 0 heterocycles. The molecule has 0 unspecified atom stereocenters. The fraction of sp³-hybridized carbons (Fsp3) is 0.235. The van der Waals surface area contributed by atoms with Gasteiger partial charge in [0, 0.05) is 12.0 Å². The van der Waals surface area contributed by atoms with E-state index < -0.39 is 0 Å². The molecule has 0 aliphatic heterocycles. The number of hydrogen-bond donors (Lipinski definition) is 0. The van der Waals surface area contributed by atoms with E-state index in [0.29, 0.717) is 5.56 Å². The molecule has 19 heavy (non-hydrogen) atoms. The molecule has 0 atom stereocenters. The largest absolute Gasteiger partial charge is 0.294 e. The molecule has 0 saturated heterocycles. The monoisotopic (exact) mass is 256 g/mol. The van der Waals surface area contributed by atoms with Crippen LogP contribution < -0.4 is 0 Å². The average Bonchev–Trinajstić information content (AvgIpc) is 2.43. The summed E-state index contributed by atoms with van der Waals surface area (Å²) in [5.41, 5.74) is 3.59. The van der Waals surface area contributed by atoms with Crippen molar-refractivity contribution in [3.63, 3.8) is 0 Å². The lowest BCUT2D eigenvalue weighted by atomic mass is 9.98. The van der Waals surface area contributed by atoms with Gasteiger partial charge in [-0.15, -0.1) is 0 Å². The summed E-state index contributed by atoms with van der Waals surface area (Å²) in [7, 11) is 0. The molecule has 1 nitrogen and oxygen atoms in total. The smallest absolute Gasteiger partial charge is 0.167 e.